The van der Waals surface area contributed by atoms with Gasteiger partial charge in [-0.3, -0.25) is 14.4 Å². The third kappa shape index (κ3) is 6.53. The highest BCUT2D eigenvalue weighted by Crippen LogP contribution is 2.22. The number of methoxy groups -OCH3 is 1. The zero-order valence-electron chi connectivity index (χ0n) is 17.7. The number of amides is 1. The van der Waals surface area contributed by atoms with E-state index in [4.69, 9.17) is 4.74 Å². The Morgan fingerprint density at radius 2 is 1.73 bits per heavy atom. The fraction of sp³-hybridized carbons (Fsp3) is 0.550. The lowest BCUT2D eigenvalue weighted by Gasteiger charge is -2.39. The summed E-state index contributed by atoms with van der Waals surface area (Å²) in [5.74, 6) is -2.25. The lowest BCUT2D eigenvalue weighted by molar-refractivity contribution is -0.161. The fourth-order valence-electron chi connectivity index (χ4n) is 3.14. The van der Waals surface area contributed by atoms with Crippen LogP contribution in [0.3, 0.4) is 0 Å². The Labute approximate surface area is 177 Å². The van der Waals surface area contributed by atoms with Crippen molar-refractivity contribution in [3.63, 3.8) is 0 Å². The standard InChI is InChI=1S/C20H28N2O7S/c1-20(2,3)29-18(24)13-21-10-11-22(16(19(21)25)12-17(23)28-4)30(26,27)14-15-8-6-5-7-9-15/h5-9,16H,10-14H2,1-4H3/t16-/m0/s1. The molecule has 10 heteroatoms. The third-order valence-electron chi connectivity index (χ3n) is 4.41. The number of rotatable bonds is 7. The van der Waals surface area contributed by atoms with Gasteiger partial charge in [-0.25, -0.2) is 8.42 Å². The van der Waals surface area contributed by atoms with Crippen LogP contribution >= 0.6 is 0 Å². The van der Waals surface area contributed by atoms with Crippen molar-refractivity contribution >= 4 is 27.9 Å². The fourth-order valence-corrected chi connectivity index (χ4v) is 4.83. The van der Waals surface area contributed by atoms with E-state index in [0.717, 1.165) is 11.4 Å². The number of carbonyl (C=O) groups is 3. The Hall–Kier alpha value is -2.46. The minimum atomic E-state index is -3.89. The van der Waals surface area contributed by atoms with Crippen molar-refractivity contribution in [2.24, 2.45) is 0 Å². The highest BCUT2D eigenvalue weighted by molar-refractivity contribution is 7.88. The number of nitrogens with zero attached hydrogens (tertiary/aromatic N) is 2. The van der Waals surface area contributed by atoms with Gasteiger partial charge in [0.15, 0.2) is 0 Å². The molecule has 1 fully saturated rings. The van der Waals surface area contributed by atoms with Crippen LogP contribution in [-0.4, -0.2) is 73.9 Å². The molecular formula is C20H28N2O7S. The van der Waals surface area contributed by atoms with E-state index in [-0.39, 0.29) is 25.4 Å². The van der Waals surface area contributed by atoms with Gasteiger partial charge < -0.3 is 14.4 Å². The highest BCUT2D eigenvalue weighted by atomic mass is 32.2. The molecule has 30 heavy (non-hydrogen) atoms. The van der Waals surface area contributed by atoms with Crippen LogP contribution in [0, 0.1) is 0 Å². The largest absolute Gasteiger partial charge is 0.469 e. The first kappa shape index (κ1) is 23.8. The summed E-state index contributed by atoms with van der Waals surface area (Å²) in [7, 11) is -2.73. The average molecular weight is 441 g/mol. The van der Waals surface area contributed by atoms with Gasteiger partial charge in [-0.1, -0.05) is 30.3 Å². The van der Waals surface area contributed by atoms with Gasteiger partial charge in [-0.05, 0) is 26.3 Å². The summed E-state index contributed by atoms with van der Waals surface area (Å²) in [6, 6.07) is 7.29. The molecule has 9 nitrogen and oxygen atoms in total. The molecular weight excluding hydrogens is 412 g/mol. The number of esters is 2. The SMILES string of the molecule is COC(=O)C[C@H]1C(=O)N(CC(=O)OC(C)(C)C)CCN1S(=O)(=O)Cc1ccccc1. The monoisotopic (exact) mass is 440 g/mol. The van der Waals surface area contributed by atoms with Crippen LogP contribution in [0.15, 0.2) is 30.3 Å². The summed E-state index contributed by atoms with van der Waals surface area (Å²) in [6.45, 7) is 4.79. The molecule has 0 bridgehead atoms. The summed E-state index contributed by atoms with van der Waals surface area (Å²) in [5.41, 5.74) is -0.148. The third-order valence-corrected chi connectivity index (χ3v) is 6.26. The van der Waals surface area contributed by atoms with Gasteiger partial charge in [0.25, 0.3) is 0 Å². The predicted octanol–water partition coefficient (Wildman–Crippen LogP) is 0.934. The average Bonchev–Trinajstić information content (AvgIpc) is 2.63. The van der Waals surface area contributed by atoms with E-state index in [9.17, 15) is 22.8 Å². The maximum Gasteiger partial charge on any atom is 0.326 e. The van der Waals surface area contributed by atoms with Gasteiger partial charge in [0.1, 0.15) is 18.2 Å². The molecule has 0 saturated carbocycles. The van der Waals surface area contributed by atoms with E-state index in [1.54, 1.807) is 51.1 Å². The molecule has 0 aliphatic carbocycles. The van der Waals surface area contributed by atoms with Crippen LogP contribution in [-0.2, 0) is 39.6 Å². The number of piperazine rings is 1. The van der Waals surface area contributed by atoms with E-state index < -0.39 is 45.9 Å². The summed E-state index contributed by atoms with van der Waals surface area (Å²) in [5, 5.41) is 0. The quantitative estimate of drug-likeness (QED) is 0.580. The van der Waals surface area contributed by atoms with Crippen LogP contribution < -0.4 is 0 Å². The molecule has 1 aromatic rings. The van der Waals surface area contributed by atoms with Crippen LogP contribution in [0.2, 0.25) is 0 Å². The van der Waals surface area contributed by atoms with Gasteiger partial charge in [0, 0.05) is 13.1 Å². The zero-order valence-corrected chi connectivity index (χ0v) is 18.5. The van der Waals surface area contributed by atoms with Crippen molar-refractivity contribution < 1.29 is 32.3 Å². The maximum atomic E-state index is 13.0. The normalized spacial score (nSPS) is 18.2. The Balaban J connectivity index is 2.22. The number of ether oxygens (including phenoxy) is 2. The van der Waals surface area contributed by atoms with E-state index >= 15 is 0 Å². The molecule has 1 aromatic carbocycles. The second-order valence-corrected chi connectivity index (χ2v) is 9.92. The molecule has 1 aliphatic rings. The van der Waals surface area contributed by atoms with Gasteiger partial charge in [-0.15, -0.1) is 0 Å². The Morgan fingerprint density at radius 3 is 2.30 bits per heavy atom. The minimum Gasteiger partial charge on any atom is -0.469 e. The van der Waals surface area contributed by atoms with E-state index in [0.29, 0.717) is 5.56 Å². The minimum absolute atomic E-state index is 0.0176. The van der Waals surface area contributed by atoms with Crippen LogP contribution in [0.4, 0.5) is 0 Å². The molecule has 166 valence electrons. The van der Waals surface area contributed by atoms with Crippen molar-refractivity contribution in [3.8, 4) is 0 Å². The molecule has 0 N–H and O–H groups in total. The van der Waals surface area contributed by atoms with Gasteiger partial charge >= 0.3 is 11.9 Å². The number of sulfonamides is 1. The zero-order chi connectivity index (χ0) is 22.5. The first-order chi connectivity index (χ1) is 13.9. The number of benzene rings is 1. The van der Waals surface area contributed by atoms with Crippen molar-refractivity contribution in [2.75, 3.05) is 26.7 Å². The first-order valence-corrected chi connectivity index (χ1v) is 11.1. The molecule has 1 saturated heterocycles. The van der Waals surface area contributed by atoms with E-state index in [1.165, 1.54) is 4.90 Å². The second kappa shape index (κ2) is 9.57. The summed E-state index contributed by atoms with van der Waals surface area (Å²) in [4.78, 5) is 38.2. The molecule has 1 heterocycles. The van der Waals surface area contributed by atoms with Crippen molar-refractivity contribution in [1.29, 1.82) is 0 Å². The molecule has 1 amide bonds. The Kier molecular flexibility index (Phi) is 7.59. The van der Waals surface area contributed by atoms with Crippen molar-refractivity contribution in [2.45, 2.75) is 44.6 Å². The lowest BCUT2D eigenvalue weighted by atomic mass is 10.1. The second-order valence-electron chi connectivity index (χ2n) is 7.99. The molecule has 2 rings (SSSR count). The van der Waals surface area contributed by atoms with Crippen LogP contribution in [0.1, 0.15) is 32.8 Å². The van der Waals surface area contributed by atoms with Gasteiger partial charge in [-0.2, -0.15) is 4.31 Å². The summed E-state index contributed by atoms with van der Waals surface area (Å²) >= 11 is 0. The maximum absolute atomic E-state index is 13.0. The topological polar surface area (TPSA) is 110 Å². The molecule has 1 atom stereocenters. The van der Waals surface area contributed by atoms with Gasteiger partial charge in [0.05, 0.1) is 19.3 Å². The van der Waals surface area contributed by atoms with Gasteiger partial charge in [0.2, 0.25) is 15.9 Å². The van der Waals surface area contributed by atoms with Crippen LogP contribution in [0.25, 0.3) is 0 Å². The molecule has 0 spiro atoms. The molecule has 0 aromatic heterocycles. The van der Waals surface area contributed by atoms with E-state index in [2.05, 4.69) is 4.74 Å². The summed E-state index contributed by atoms with van der Waals surface area (Å²) < 4.78 is 36.9. The lowest BCUT2D eigenvalue weighted by Crippen LogP contribution is -2.60. The van der Waals surface area contributed by atoms with Crippen molar-refractivity contribution in [1.82, 2.24) is 9.21 Å². The van der Waals surface area contributed by atoms with Crippen molar-refractivity contribution in [3.05, 3.63) is 35.9 Å². The van der Waals surface area contributed by atoms with Crippen LogP contribution in [0.5, 0.6) is 0 Å². The molecule has 0 unspecified atom stereocenters. The summed E-state index contributed by atoms with van der Waals surface area (Å²) in [6.07, 6.45) is -0.436. The number of carbonyl (C=O) groups excluding carboxylic acids is 3. The Bertz CT molecular complexity index is 878. The number of hydrogen-bond acceptors (Lipinski definition) is 7. The smallest absolute Gasteiger partial charge is 0.326 e. The molecule has 0 radical (unpaired) electrons. The predicted molar refractivity (Wildman–Crippen MR) is 109 cm³/mol. The Morgan fingerprint density at radius 1 is 1.10 bits per heavy atom. The van der Waals surface area contributed by atoms with E-state index in [1.807, 2.05) is 0 Å². The number of hydrogen-bond donors (Lipinski definition) is 0. The highest BCUT2D eigenvalue weighted by Gasteiger charge is 2.43. The first-order valence-electron chi connectivity index (χ1n) is 9.54. The molecule has 1 aliphatic heterocycles.